The summed E-state index contributed by atoms with van der Waals surface area (Å²) in [6, 6.07) is 6.78. The maximum atomic E-state index is 14.1. The van der Waals surface area contributed by atoms with Crippen LogP contribution in [0.1, 0.15) is 17.0 Å². The van der Waals surface area contributed by atoms with Gasteiger partial charge in [0, 0.05) is 10.8 Å². The van der Waals surface area contributed by atoms with E-state index in [4.69, 9.17) is 17.4 Å². The summed E-state index contributed by atoms with van der Waals surface area (Å²) >= 11 is 5.32. The highest BCUT2D eigenvalue weighted by Gasteiger charge is 2.31. The first-order valence-electron chi connectivity index (χ1n) is 8.17. The van der Waals surface area contributed by atoms with Gasteiger partial charge < -0.3 is 4.74 Å². The maximum Gasteiger partial charge on any atom is 0.573 e. The number of benzene rings is 2. The van der Waals surface area contributed by atoms with Gasteiger partial charge >= 0.3 is 6.36 Å². The third-order valence-corrected chi connectivity index (χ3v) is 5.49. The molecule has 0 aromatic heterocycles. The first-order valence-corrected chi connectivity index (χ1v) is 10.1. The molecule has 1 unspecified atom stereocenters. The summed E-state index contributed by atoms with van der Waals surface area (Å²) in [7, 11) is -4.58. The molecule has 4 nitrogen and oxygen atoms in total. The molecule has 2 aromatic carbocycles. The van der Waals surface area contributed by atoms with E-state index in [2.05, 4.69) is 4.74 Å². The van der Waals surface area contributed by atoms with Crippen LogP contribution in [0.5, 0.6) is 5.75 Å². The topological polar surface area (TPSA) is 69.4 Å². The standard InChI is InChI=1S/C19H12F5NO3S2/c20-15-7-12(8-16(21)18(15)30(25,26)27)11-3-6-14(17(29)9-11)10-1-4-13(5-2-10)28-19(22,23)24/h1-9,14H,(H2,25,26,27). The molecule has 0 heterocycles. The summed E-state index contributed by atoms with van der Waals surface area (Å²) in [6.07, 6.45) is -0.209. The molecule has 0 amide bonds. The Hall–Kier alpha value is -2.63. The third kappa shape index (κ3) is 4.91. The van der Waals surface area contributed by atoms with Gasteiger partial charge in [-0.05, 0) is 47.0 Å². The minimum atomic E-state index is -4.80. The van der Waals surface area contributed by atoms with E-state index in [0.29, 0.717) is 16.0 Å². The Morgan fingerprint density at radius 3 is 2.07 bits per heavy atom. The molecule has 0 saturated heterocycles. The van der Waals surface area contributed by atoms with Gasteiger partial charge in [0.2, 0.25) is 10.0 Å². The number of halogens is 5. The van der Waals surface area contributed by atoms with Crippen molar-refractivity contribution < 1.29 is 35.1 Å². The number of thiocarbonyl (C=S) groups is 1. The average molecular weight is 461 g/mol. The van der Waals surface area contributed by atoms with Crippen molar-refractivity contribution in [3.8, 4) is 5.75 Å². The molecule has 0 aliphatic heterocycles. The van der Waals surface area contributed by atoms with Crippen LogP contribution in [0.25, 0.3) is 5.57 Å². The van der Waals surface area contributed by atoms with E-state index in [0.717, 1.165) is 24.3 Å². The quantitative estimate of drug-likeness (QED) is 0.533. The predicted octanol–water partition coefficient (Wildman–Crippen LogP) is 4.62. The van der Waals surface area contributed by atoms with E-state index in [1.807, 2.05) is 0 Å². The van der Waals surface area contributed by atoms with Gasteiger partial charge in [-0.1, -0.05) is 36.5 Å². The summed E-state index contributed by atoms with van der Waals surface area (Å²) in [4.78, 5) is -0.887. The second-order valence-corrected chi connectivity index (χ2v) is 8.24. The van der Waals surface area contributed by atoms with Crippen molar-refractivity contribution in [2.45, 2.75) is 17.2 Å². The van der Waals surface area contributed by atoms with E-state index < -0.39 is 38.8 Å². The largest absolute Gasteiger partial charge is 0.573 e. The monoisotopic (exact) mass is 461 g/mol. The van der Waals surface area contributed by atoms with Crippen LogP contribution < -0.4 is 9.88 Å². The Balaban J connectivity index is 1.85. The Kier molecular flexibility index (Phi) is 5.81. The summed E-state index contributed by atoms with van der Waals surface area (Å²) in [5.74, 6) is -3.51. The van der Waals surface area contributed by atoms with E-state index in [1.54, 1.807) is 6.08 Å². The smallest absolute Gasteiger partial charge is 0.406 e. The summed E-state index contributed by atoms with van der Waals surface area (Å²) in [6.45, 7) is 0. The van der Waals surface area contributed by atoms with E-state index in [-0.39, 0.29) is 11.3 Å². The molecule has 0 bridgehead atoms. The third-order valence-electron chi connectivity index (χ3n) is 4.16. The maximum absolute atomic E-state index is 14.1. The van der Waals surface area contributed by atoms with Gasteiger partial charge in [-0.2, -0.15) is 0 Å². The first kappa shape index (κ1) is 22.1. The number of hydrogen-bond donors (Lipinski definition) is 1. The van der Waals surface area contributed by atoms with Crippen molar-refractivity contribution in [2.24, 2.45) is 5.14 Å². The molecule has 3 rings (SSSR count). The van der Waals surface area contributed by atoms with Crippen LogP contribution in [0, 0.1) is 11.6 Å². The number of alkyl halides is 3. The number of hydrogen-bond acceptors (Lipinski definition) is 4. The summed E-state index contributed by atoms with van der Waals surface area (Å²) in [5.41, 5.74) is 0.957. The van der Waals surface area contributed by atoms with Crippen molar-refractivity contribution in [1.29, 1.82) is 0 Å². The normalized spacial score (nSPS) is 17.1. The molecular formula is C19H12F5NO3S2. The molecule has 2 N–H and O–H groups in total. The highest BCUT2D eigenvalue weighted by atomic mass is 32.2. The van der Waals surface area contributed by atoms with Crippen LogP contribution in [-0.4, -0.2) is 19.6 Å². The number of ether oxygens (including phenoxy) is 1. The van der Waals surface area contributed by atoms with Crippen molar-refractivity contribution in [2.75, 3.05) is 0 Å². The number of rotatable bonds is 4. The van der Waals surface area contributed by atoms with Gasteiger partial charge in [-0.3, -0.25) is 0 Å². The highest BCUT2D eigenvalue weighted by molar-refractivity contribution is 7.89. The van der Waals surface area contributed by atoms with Gasteiger partial charge in [0.1, 0.15) is 17.4 Å². The Morgan fingerprint density at radius 1 is 1.03 bits per heavy atom. The summed E-state index contributed by atoms with van der Waals surface area (Å²) < 4.78 is 91.3. The minimum Gasteiger partial charge on any atom is -0.406 e. The molecule has 30 heavy (non-hydrogen) atoms. The van der Waals surface area contributed by atoms with Gasteiger partial charge in [0.05, 0.1) is 0 Å². The molecule has 0 radical (unpaired) electrons. The van der Waals surface area contributed by atoms with Gasteiger partial charge in [0.15, 0.2) is 4.90 Å². The molecule has 11 heteroatoms. The van der Waals surface area contributed by atoms with Gasteiger partial charge in [0.25, 0.3) is 0 Å². The Labute approximate surface area is 173 Å². The molecule has 1 aliphatic carbocycles. The molecule has 0 fully saturated rings. The molecule has 2 aromatic rings. The Bertz CT molecular complexity index is 1150. The van der Waals surface area contributed by atoms with E-state index >= 15 is 0 Å². The van der Waals surface area contributed by atoms with Crippen LogP contribution in [0.4, 0.5) is 22.0 Å². The Morgan fingerprint density at radius 2 is 1.60 bits per heavy atom. The fourth-order valence-corrected chi connectivity index (χ4v) is 3.92. The number of sulfonamides is 1. The number of primary sulfonamides is 1. The molecular weight excluding hydrogens is 449 g/mol. The molecule has 158 valence electrons. The zero-order valence-corrected chi connectivity index (χ0v) is 16.4. The summed E-state index contributed by atoms with van der Waals surface area (Å²) in [5, 5.41) is 4.81. The molecule has 1 aliphatic rings. The molecule has 1 atom stereocenters. The lowest BCUT2D eigenvalue weighted by atomic mass is 9.88. The SMILES string of the molecule is NS(=O)(=O)c1c(F)cc(C2=CC(=S)C(c3ccc(OC(F)(F)F)cc3)C=C2)cc1F. The zero-order valence-electron chi connectivity index (χ0n) is 14.8. The van der Waals surface area contributed by atoms with Crippen LogP contribution in [0.15, 0.2) is 59.5 Å². The lowest BCUT2D eigenvalue weighted by molar-refractivity contribution is -0.274. The average Bonchev–Trinajstić information content (AvgIpc) is 2.59. The fourth-order valence-electron chi connectivity index (χ4n) is 2.92. The second kappa shape index (κ2) is 7.89. The van der Waals surface area contributed by atoms with Gasteiger partial charge in [-0.15, -0.1) is 13.2 Å². The van der Waals surface area contributed by atoms with E-state index in [1.165, 1.54) is 24.3 Å². The van der Waals surface area contributed by atoms with Crippen LogP contribution in [0.2, 0.25) is 0 Å². The lowest BCUT2D eigenvalue weighted by Crippen LogP contribution is -2.17. The lowest BCUT2D eigenvalue weighted by Gasteiger charge is -2.19. The second-order valence-electron chi connectivity index (χ2n) is 6.27. The zero-order chi connectivity index (χ0) is 22.3. The first-order chi connectivity index (χ1) is 13.8. The van der Waals surface area contributed by atoms with Crippen molar-refractivity contribution >= 4 is 32.7 Å². The molecule has 0 saturated carbocycles. The van der Waals surface area contributed by atoms with Gasteiger partial charge in [-0.25, -0.2) is 22.3 Å². The van der Waals surface area contributed by atoms with Crippen molar-refractivity contribution in [3.63, 3.8) is 0 Å². The minimum absolute atomic E-state index is 0.0448. The molecule has 0 spiro atoms. The van der Waals surface area contributed by atoms with E-state index in [9.17, 15) is 30.4 Å². The van der Waals surface area contributed by atoms with Crippen molar-refractivity contribution in [1.82, 2.24) is 0 Å². The van der Waals surface area contributed by atoms with Crippen LogP contribution >= 0.6 is 12.2 Å². The van der Waals surface area contributed by atoms with Crippen molar-refractivity contribution in [3.05, 3.63) is 77.4 Å². The highest BCUT2D eigenvalue weighted by Crippen LogP contribution is 2.32. The van der Waals surface area contributed by atoms with Crippen LogP contribution in [0.3, 0.4) is 0 Å². The fraction of sp³-hybridized carbons (Fsp3) is 0.105. The van der Waals surface area contributed by atoms with Crippen LogP contribution in [-0.2, 0) is 10.0 Å². The number of allylic oxidation sites excluding steroid dienone is 4. The number of nitrogens with two attached hydrogens (primary N) is 1. The predicted molar refractivity (Wildman–Crippen MR) is 103 cm³/mol.